The zero-order chi connectivity index (χ0) is 22.1. The maximum atomic E-state index is 12.4. The Morgan fingerprint density at radius 3 is 2.33 bits per heavy atom. The third-order valence-electron chi connectivity index (χ3n) is 3.78. The number of anilines is 1. The van der Waals surface area contributed by atoms with Crippen molar-refractivity contribution in [3.63, 3.8) is 0 Å². The molecule has 2 N–H and O–H groups in total. The lowest BCUT2D eigenvalue weighted by molar-refractivity contribution is -0.115. The minimum Gasteiger partial charge on any atom is -0.462 e. The van der Waals surface area contributed by atoms with Crippen LogP contribution in [-0.4, -0.2) is 36.2 Å². The third-order valence-corrected chi connectivity index (χ3v) is 5.17. The Morgan fingerprint density at radius 2 is 1.70 bits per heavy atom. The van der Waals surface area contributed by atoms with E-state index in [0.29, 0.717) is 10.6 Å². The Hall–Kier alpha value is -3.04. The molecule has 158 valence electrons. The van der Waals surface area contributed by atoms with Crippen molar-refractivity contribution in [3.05, 3.63) is 58.0 Å². The molecule has 1 aromatic carbocycles. The second-order valence-electron chi connectivity index (χ2n) is 5.89. The average Bonchev–Trinajstić information content (AvgIpc) is 3.03. The van der Waals surface area contributed by atoms with Gasteiger partial charge >= 0.3 is 11.9 Å². The minimum atomic E-state index is -0.595. The highest BCUT2D eigenvalue weighted by Gasteiger charge is 2.26. The van der Waals surface area contributed by atoms with Crippen molar-refractivity contribution in [3.8, 4) is 0 Å². The number of thiocarbonyl (C=S) groups is 1. The second kappa shape index (κ2) is 11.2. The summed E-state index contributed by atoms with van der Waals surface area (Å²) in [5.41, 5.74) is 1.47. The second-order valence-corrected chi connectivity index (χ2v) is 7.32. The number of thiophene rings is 1. The van der Waals surface area contributed by atoms with Crippen LogP contribution in [0.15, 0.2) is 36.4 Å². The number of benzene rings is 1. The van der Waals surface area contributed by atoms with Crippen LogP contribution in [0.2, 0.25) is 0 Å². The lowest BCUT2D eigenvalue weighted by Gasteiger charge is -2.09. The molecule has 0 unspecified atom stereocenters. The van der Waals surface area contributed by atoms with Gasteiger partial charge in [-0.3, -0.25) is 10.1 Å². The molecule has 0 spiro atoms. The van der Waals surface area contributed by atoms with Gasteiger partial charge in [0.2, 0.25) is 5.91 Å². The smallest absolute Gasteiger partial charge is 0.348 e. The summed E-state index contributed by atoms with van der Waals surface area (Å²) in [5.74, 6) is -1.57. The SMILES string of the molecule is CCOC(=O)c1sc(NC(=S)NC(=O)/C=C/c2ccccc2)c(C(=O)OCC)c1C. The number of nitrogens with one attached hydrogen (secondary N) is 2. The quantitative estimate of drug-likeness (QED) is 0.378. The summed E-state index contributed by atoms with van der Waals surface area (Å²) in [6.07, 6.45) is 3.00. The Kier molecular flexibility index (Phi) is 8.70. The molecule has 0 saturated heterocycles. The molecule has 7 nitrogen and oxygen atoms in total. The van der Waals surface area contributed by atoms with Crippen LogP contribution < -0.4 is 10.6 Å². The number of carbonyl (C=O) groups excluding carboxylic acids is 3. The lowest BCUT2D eigenvalue weighted by atomic mass is 10.1. The predicted molar refractivity (Wildman–Crippen MR) is 121 cm³/mol. The van der Waals surface area contributed by atoms with Gasteiger partial charge in [-0.15, -0.1) is 11.3 Å². The van der Waals surface area contributed by atoms with Crippen LogP contribution in [0.1, 0.15) is 45.0 Å². The van der Waals surface area contributed by atoms with Crippen LogP contribution in [0.3, 0.4) is 0 Å². The van der Waals surface area contributed by atoms with E-state index in [0.717, 1.165) is 16.9 Å². The van der Waals surface area contributed by atoms with Gasteiger partial charge in [0, 0.05) is 6.08 Å². The molecule has 30 heavy (non-hydrogen) atoms. The highest BCUT2D eigenvalue weighted by atomic mass is 32.1. The fraction of sp³-hybridized carbons (Fsp3) is 0.238. The maximum Gasteiger partial charge on any atom is 0.348 e. The highest BCUT2D eigenvalue weighted by molar-refractivity contribution is 7.80. The summed E-state index contributed by atoms with van der Waals surface area (Å²) in [6, 6.07) is 9.32. The van der Waals surface area contributed by atoms with Crippen molar-refractivity contribution in [1.29, 1.82) is 0 Å². The van der Waals surface area contributed by atoms with Gasteiger partial charge in [0.15, 0.2) is 5.11 Å². The van der Waals surface area contributed by atoms with E-state index in [2.05, 4.69) is 10.6 Å². The molecule has 1 heterocycles. The molecule has 9 heteroatoms. The van der Waals surface area contributed by atoms with Gasteiger partial charge in [-0.1, -0.05) is 30.3 Å². The molecule has 0 aliphatic heterocycles. The van der Waals surface area contributed by atoms with Crippen LogP contribution in [0.25, 0.3) is 6.08 Å². The average molecular weight is 447 g/mol. The summed E-state index contributed by atoms with van der Waals surface area (Å²) < 4.78 is 10.1. The van der Waals surface area contributed by atoms with Crippen molar-refractivity contribution < 1.29 is 23.9 Å². The van der Waals surface area contributed by atoms with Crippen LogP contribution in [-0.2, 0) is 14.3 Å². The molecular weight excluding hydrogens is 424 g/mol. The Morgan fingerprint density at radius 1 is 1.07 bits per heavy atom. The normalized spacial score (nSPS) is 10.5. The van der Waals surface area contributed by atoms with Gasteiger partial charge in [-0.05, 0) is 50.2 Å². The van der Waals surface area contributed by atoms with Gasteiger partial charge < -0.3 is 14.8 Å². The lowest BCUT2D eigenvalue weighted by Crippen LogP contribution is -2.33. The van der Waals surface area contributed by atoms with Crippen LogP contribution in [0.5, 0.6) is 0 Å². The molecule has 1 amide bonds. The molecule has 0 radical (unpaired) electrons. The van der Waals surface area contributed by atoms with E-state index >= 15 is 0 Å². The molecule has 0 atom stereocenters. The van der Waals surface area contributed by atoms with Gasteiger partial charge in [0.25, 0.3) is 0 Å². The highest BCUT2D eigenvalue weighted by Crippen LogP contribution is 2.34. The standard InChI is InChI=1S/C21H22N2O5S2/c1-4-27-19(25)16-13(3)17(20(26)28-5-2)30-18(16)23-21(29)22-15(24)12-11-14-9-7-6-8-10-14/h6-12H,4-5H2,1-3H3,(H2,22,23,24,29)/b12-11+. The molecule has 0 fully saturated rings. The van der Waals surface area contributed by atoms with Gasteiger partial charge in [-0.2, -0.15) is 0 Å². The maximum absolute atomic E-state index is 12.4. The first-order valence-electron chi connectivity index (χ1n) is 9.20. The summed E-state index contributed by atoms with van der Waals surface area (Å²) in [4.78, 5) is 37.0. The molecule has 2 rings (SSSR count). The summed E-state index contributed by atoms with van der Waals surface area (Å²) in [5, 5.41) is 5.61. The van der Waals surface area contributed by atoms with E-state index in [1.54, 1.807) is 26.8 Å². The molecule has 1 aromatic heterocycles. The fourth-order valence-corrected chi connectivity index (χ4v) is 3.83. The van der Waals surface area contributed by atoms with Crippen molar-refractivity contribution in [2.24, 2.45) is 0 Å². The fourth-order valence-electron chi connectivity index (χ4n) is 2.47. The van der Waals surface area contributed by atoms with Crippen LogP contribution in [0, 0.1) is 6.92 Å². The largest absolute Gasteiger partial charge is 0.462 e. The van der Waals surface area contributed by atoms with E-state index in [9.17, 15) is 14.4 Å². The van der Waals surface area contributed by atoms with Crippen molar-refractivity contribution >= 4 is 57.6 Å². The Balaban J connectivity index is 2.17. The predicted octanol–water partition coefficient (Wildman–Crippen LogP) is 3.94. The summed E-state index contributed by atoms with van der Waals surface area (Å²) in [7, 11) is 0. The summed E-state index contributed by atoms with van der Waals surface area (Å²) in [6.45, 7) is 5.39. The Labute approximate surface area is 184 Å². The van der Waals surface area contributed by atoms with Crippen molar-refractivity contribution in [1.82, 2.24) is 5.32 Å². The molecule has 0 bridgehead atoms. The van der Waals surface area contributed by atoms with Gasteiger partial charge in [0.05, 0.1) is 18.8 Å². The first-order valence-corrected chi connectivity index (χ1v) is 10.4. The van der Waals surface area contributed by atoms with Crippen molar-refractivity contribution in [2.45, 2.75) is 20.8 Å². The number of carbonyl (C=O) groups is 3. The monoisotopic (exact) mass is 446 g/mol. The molecule has 2 aromatic rings. The third kappa shape index (κ3) is 6.23. The number of hydrogen-bond acceptors (Lipinski definition) is 7. The molecular formula is C21H22N2O5S2. The number of esters is 2. The van der Waals surface area contributed by atoms with E-state index in [4.69, 9.17) is 21.7 Å². The zero-order valence-electron chi connectivity index (χ0n) is 16.8. The number of amides is 1. The number of rotatable bonds is 7. The van der Waals surface area contributed by atoms with E-state index < -0.39 is 17.8 Å². The van der Waals surface area contributed by atoms with E-state index in [-0.39, 0.29) is 28.8 Å². The van der Waals surface area contributed by atoms with E-state index in [1.807, 2.05) is 30.3 Å². The molecule has 0 saturated carbocycles. The van der Waals surface area contributed by atoms with Gasteiger partial charge in [0.1, 0.15) is 9.88 Å². The first-order chi connectivity index (χ1) is 14.4. The topological polar surface area (TPSA) is 93.7 Å². The van der Waals surface area contributed by atoms with Crippen LogP contribution in [0.4, 0.5) is 5.00 Å². The Bertz CT molecular complexity index is 967. The number of ether oxygens (including phenoxy) is 2. The summed E-state index contributed by atoms with van der Waals surface area (Å²) >= 11 is 6.20. The molecule has 0 aliphatic rings. The van der Waals surface area contributed by atoms with E-state index in [1.165, 1.54) is 6.08 Å². The first kappa shape index (κ1) is 23.2. The van der Waals surface area contributed by atoms with Crippen LogP contribution >= 0.6 is 23.6 Å². The number of hydrogen-bond donors (Lipinski definition) is 2. The van der Waals surface area contributed by atoms with Gasteiger partial charge in [-0.25, -0.2) is 9.59 Å². The zero-order valence-corrected chi connectivity index (χ0v) is 18.4. The molecule has 0 aliphatic carbocycles. The minimum absolute atomic E-state index is 0.0140. The van der Waals surface area contributed by atoms with Crippen molar-refractivity contribution in [2.75, 3.05) is 18.5 Å².